The first-order chi connectivity index (χ1) is 5.92. The van der Waals surface area contributed by atoms with Crippen LogP contribution in [0.25, 0.3) is 0 Å². The van der Waals surface area contributed by atoms with Gasteiger partial charge in [-0.3, -0.25) is 0 Å². The van der Waals surface area contributed by atoms with Crippen molar-refractivity contribution in [2.24, 2.45) is 11.1 Å². The van der Waals surface area contributed by atoms with Gasteiger partial charge in [0.15, 0.2) is 0 Å². The first-order valence-corrected chi connectivity index (χ1v) is 4.14. The average Bonchev–Trinajstić information content (AvgIpc) is 2.87. The zero-order valence-electron chi connectivity index (χ0n) is 6.72. The van der Waals surface area contributed by atoms with E-state index in [2.05, 4.69) is 17.3 Å². The van der Waals surface area contributed by atoms with Crippen LogP contribution in [0, 0.1) is 5.92 Å². The zero-order valence-corrected chi connectivity index (χ0v) is 6.72. The second kappa shape index (κ2) is 2.97. The Kier molecular flexibility index (Phi) is 1.82. The number of rotatable bonds is 2. The highest BCUT2D eigenvalue weighted by Crippen LogP contribution is 2.45. The molecule has 62 valence electrons. The van der Waals surface area contributed by atoms with E-state index in [0.29, 0.717) is 11.8 Å². The summed E-state index contributed by atoms with van der Waals surface area (Å²) in [6, 6.07) is 10.3. The maximum absolute atomic E-state index is 8.31. The maximum atomic E-state index is 8.31. The highest BCUT2D eigenvalue weighted by Gasteiger charge is 2.36. The first-order valence-electron chi connectivity index (χ1n) is 4.14. The van der Waals surface area contributed by atoms with Gasteiger partial charge in [-0.15, -0.1) is 5.16 Å². The number of nitrogens with zero attached hydrogens (tertiary/aromatic N) is 1. The Balaban J connectivity index is 2.06. The van der Waals surface area contributed by atoms with E-state index in [1.165, 1.54) is 5.56 Å². The van der Waals surface area contributed by atoms with Crippen molar-refractivity contribution in [3.8, 4) is 0 Å². The Morgan fingerprint density at radius 2 is 2.08 bits per heavy atom. The summed E-state index contributed by atoms with van der Waals surface area (Å²) in [5, 5.41) is 11.4. The predicted octanol–water partition coefficient (Wildman–Crippen LogP) is 2.25. The maximum Gasteiger partial charge on any atom is 0.0473 e. The molecule has 1 aliphatic carbocycles. The Morgan fingerprint density at radius 3 is 2.75 bits per heavy atom. The lowest BCUT2D eigenvalue weighted by atomic mass is 10.1. The normalized spacial score (nSPS) is 27.7. The van der Waals surface area contributed by atoms with E-state index in [0.717, 1.165) is 6.42 Å². The summed E-state index contributed by atoms with van der Waals surface area (Å²) in [6.45, 7) is 0. The summed E-state index contributed by atoms with van der Waals surface area (Å²) in [5.74, 6) is 1.04. The molecule has 1 aromatic rings. The standard InChI is InChI=1S/C10H11NO/c12-11-7-9-6-10(9)8-4-2-1-3-5-8/h1-5,7,9-10,12H,6H2/b11-7-/t9-,10-/m1/s1. The topological polar surface area (TPSA) is 32.6 Å². The van der Waals surface area contributed by atoms with Gasteiger partial charge in [0.25, 0.3) is 0 Å². The van der Waals surface area contributed by atoms with Crippen molar-refractivity contribution in [2.45, 2.75) is 12.3 Å². The van der Waals surface area contributed by atoms with E-state index in [4.69, 9.17) is 5.21 Å². The minimum atomic E-state index is 0.456. The fourth-order valence-corrected chi connectivity index (χ4v) is 1.55. The first kappa shape index (κ1) is 7.35. The van der Waals surface area contributed by atoms with Gasteiger partial charge in [-0.05, 0) is 17.9 Å². The third-order valence-corrected chi connectivity index (χ3v) is 2.33. The van der Waals surface area contributed by atoms with Crippen LogP contribution in [0.15, 0.2) is 35.5 Å². The molecule has 2 nitrogen and oxygen atoms in total. The number of benzene rings is 1. The smallest absolute Gasteiger partial charge is 0.0473 e. The van der Waals surface area contributed by atoms with Gasteiger partial charge in [-0.2, -0.15) is 0 Å². The van der Waals surface area contributed by atoms with Crippen molar-refractivity contribution in [1.29, 1.82) is 0 Å². The van der Waals surface area contributed by atoms with Crippen molar-refractivity contribution in [3.63, 3.8) is 0 Å². The molecule has 2 rings (SSSR count). The molecule has 0 bridgehead atoms. The van der Waals surface area contributed by atoms with Crippen LogP contribution in [0.5, 0.6) is 0 Å². The monoisotopic (exact) mass is 161 g/mol. The largest absolute Gasteiger partial charge is 0.411 e. The molecular weight excluding hydrogens is 150 g/mol. The van der Waals surface area contributed by atoms with Crippen molar-refractivity contribution >= 4 is 6.21 Å². The van der Waals surface area contributed by atoms with Crippen molar-refractivity contribution in [1.82, 2.24) is 0 Å². The van der Waals surface area contributed by atoms with Crippen molar-refractivity contribution in [2.75, 3.05) is 0 Å². The van der Waals surface area contributed by atoms with Gasteiger partial charge < -0.3 is 5.21 Å². The summed E-state index contributed by atoms with van der Waals surface area (Å²) < 4.78 is 0. The molecule has 1 saturated carbocycles. The number of hydrogen-bond acceptors (Lipinski definition) is 2. The van der Waals surface area contributed by atoms with Gasteiger partial charge in [0, 0.05) is 12.1 Å². The quantitative estimate of drug-likeness (QED) is 0.402. The molecule has 1 aliphatic rings. The van der Waals surface area contributed by atoms with E-state index < -0.39 is 0 Å². The van der Waals surface area contributed by atoms with Crippen LogP contribution < -0.4 is 0 Å². The van der Waals surface area contributed by atoms with E-state index in [9.17, 15) is 0 Å². The van der Waals surface area contributed by atoms with Crippen LogP contribution in [-0.4, -0.2) is 11.4 Å². The molecule has 2 heteroatoms. The molecule has 12 heavy (non-hydrogen) atoms. The van der Waals surface area contributed by atoms with E-state index >= 15 is 0 Å². The fourth-order valence-electron chi connectivity index (χ4n) is 1.55. The predicted molar refractivity (Wildman–Crippen MR) is 47.6 cm³/mol. The molecule has 0 amide bonds. The van der Waals surface area contributed by atoms with Crippen LogP contribution in [0.3, 0.4) is 0 Å². The molecule has 2 atom stereocenters. The second-order valence-corrected chi connectivity index (χ2v) is 3.18. The van der Waals surface area contributed by atoms with Crippen LogP contribution in [0.2, 0.25) is 0 Å². The Bertz CT molecular complexity index is 281. The fraction of sp³-hybridized carbons (Fsp3) is 0.300. The number of oxime groups is 1. The van der Waals surface area contributed by atoms with E-state index in [1.807, 2.05) is 18.2 Å². The molecule has 0 saturated heterocycles. The molecule has 0 aromatic heterocycles. The lowest BCUT2D eigenvalue weighted by Gasteiger charge is -1.94. The van der Waals surface area contributed by atoms with Crippen LogP contribution in [0.1, 0.15) is 17.9 Å². The van der Waals surface area contributed by atoms with Crippen molar-refractivity contribution in [3.05, 3.63) is 35.9 Å². The Labute approximate surface area is 71.5 Å². The van der Waals surface area contributed by atoms with E-state index in [1.54, 1.807) is 6.21 Å². The molecule has 1 N–H and O–H groups in total. The van der Waals surface area contributed by atoms with Gasteiger partial charge >= 0.3 is 0 Å². The second-order valence-electron chi connectivity index (χ2n) is 3.18. The lowest BCUT2D eigenvalue weighted by Crippen LogP contribution is -1.83. The van der Waals surface area contributed by atoms with E-state index in [-0.39, 0.29) is 0 Å². The van der Waals surface area contributed by atoms with Crippen LogP contribution in [-0.2, 0) is 0 Å². The highest BCUT2D eigenvalue weighted by molar-refractivity contribution is 5.66. The minimum Gasteiger partial charge on any atom is -0.411 e. The molecule has 1 aromatic carbocycles. The third-order valence-electron chi connectivity index (χ3n) is 2.33. The van der Waals surface area contributed by atoms with Gasteiger partial charge in [0.1, 0.15) is 0 Å². The molecule has 0 radical (unpaired) electrons. The van der Waals surface area contributed by atoms with Crippen molar-refractivity contribution < 1.29 is 5.21 Å². The minimum absolute atomic E-state index is 0.456. The zero-order chi connectivity index (χ0) is 8.39. The SMILES string of the molecule is O/N=C\[C@H]1C[C@@H]1c1ccccc1. The summed E-state index contributed by atoms with van der Waals surface area (Å²) in [5.41, 5.74) is 1.35. The summed E-state index contributed by atoms with van der Waals surface area (Å²) >= 11 is 0. The molecule has 0 spiro atoms. The van der Waals surface area contributed by atoms with Gasteiger partial charge in [0.2, 0.25) is 0 Å². The summed E-state index contributed by atoms with van der Waals surface area (Å²) in [4.78, 5) is 0. The molecular formula is C10H11NO. The number of hydrogen-bond donors (Lipinski definition) is 1. The summed E-state index contributed by atoms with van der Waals surface area (Å²) in [6.07, 6.45) is 2.74. The van der Waals surface area contributed by atoms with Gasteiger partial charge in [-0.1, -0.05) is 30.3 Å². The van der Waals surface area contributed by atoms with Crippen LogP contribution in [0.4, 0.5) is 0 Å². The average molecular weight is 161 g/mol. The van der Waals surface area contributed by atoms with Gasteiger partial charge in [-0.25, -0.2) is 0 Å². The molecule has 0 unspecified atom stereocenters. The summed E-state index contributed by atoms with van der Waals surface area (Å²) in [7, 11) is 0. The molecule has 0 heterocycles. The Morgan fingerprint density at radius 1 is 1.33 bits per heavy atom. The highest BCUT2D eigenvalue weighted by atomic mass is 16.4. The molecule has 0 aliphatic heterocycles. The third kappa shape index (κ3) is 1.33. The van der Waals surface area contributed by atoms with Gasteiger partial charge in [0.05, 0.1) is 0 Å². The van der Waals surface area contributed by atoms with Crippen LogP contribution >= 0.6 is 0 Å². The lowest BCUT2D eigenvalue weighted by molar-refractivity contribution is 0.320. The molecule has 1 fully saturated rings. The Hall–Kier alpha value is -1.31.